The third kappa shape index (κ3) is 3.46. The van der Waals surface area contributed by atoms with E-state index in [1.165, 1.54) is 0 Å². The molecule has 0 spiro atoms. The number of benzene rings is 2. The Morgan fingerprint density at radius 1 is 1.00 bits per heavy atom. The third-order valence-electron chi connectivity index (χ3n) is 3.59. The van der Waals surface area contributed by atoms with Gasteiger partial charge in [0.05, 0.1) is 17.6 Å². The molecule has 0 saturated carbocycles. The van der Waals surface area contributed by atoms with Crippen molar-refractivity contribution in [3.05, 3.63) is 54.4 Å². The van der Waals surface area contributed by atoms with E-state index < -0.39 is 0 Å². The van der Waals surface area contributed by atoms with Gasteiger partial charge in [-0.05, 0) is 43.3 Å². The van der Waals surface area contributed by atoms with Gasteiger partial charge in [0.1, 0.15) is 23.9 Å². The van der Waals surface area contributed by atoms with Crippen LogP contribution in [0.4, 0.5) is 0 Å². The lowest BCUT2D eigenvalue weighted by Gasteiger charge is -2.10. The van der Waals surface area contributed by atoms with E-state index >= 15 is 0 Å². The molecule has 5 nitrogen and oxygen atoms in total. The molecule has 23 heavy (non-hydrogen) atoms. The van der Waals surface area contributed by atoms with Crippen LogP contribution in [-0.4, -0.2) is 22.7 Å². The molecule has 0 atom stereocenters. The molecule has 0 radical (unpaired) electrons. The van der Waals surface area contributed by atoms with Crippen molar-refractivity contribution in [1.82, 2.24) is 9.55 Å². The van der Waals surface area contributed by atoms with Crippen molar-refractivity contribution < 1.29 is 9.47 Å². The van der Waals surface area contributed by atoms with Crippen LogP contribution in [0.3, 0.4) is 0 Å². The predicted molar refractivity (Wildman–Crippen MR) is 90.7 cm³/mol. The maximum atomic E-state index is 5.86. The maximum Gasteiger partial charge on any atom is 0.148 e. The van der Waals surface area contributed by atoms with Crippen LogP contribution in [0, 0.1) is 0 Å². The summed E-state index contributed by atoms with van der Waals surface area (Å²) in [4.78, 5) is 4.65. The first-order valence-electron chi connectivity index (χ1n) is 7.81. The minimum Gasteiger partial charge on any atom is -0.494 e. The molecule has 0 aliphatic carbocycles. The number of para-hydroxylation sites is 2. The van der Waals surface area contributed by atoms with Crippen LogP contribution in [0.15, 0.2) is 48.5 Å². The summed E-state index contributed by atoms with van der Waals surface area (Å²) >= 11 is 0. The van der Waals surface area contributed by atoms with Crippen LogP contribution >= 0.6 is 0 Å². The lowest BCUT2D eigenvalue weighted by molar-refractivity contribution is 0.289. The van der Waals surface area contributed by atoms with Crippen molar-refractivity contribution in [2.75, 3.05) is 13.2 Å². The quantitative estimate of drug-likeness (QED) is 0.728. The summed E-state index contributed by atoms with van der Waals surface area (Å²) in [5.74, 6) is 2.51. The lowest BCUT2D eigenvalue weighted by Crippen LogP contribution is -2.14. The lowest BCUT2D eigenvalue weighted by atomic mass is 10.3. The van der Waals surface area contributed by atoms with Gasteiger partial charge in [-0.3, -0.25) is 0 Å². The van der Waals surface area contributed by atoms with Crippen LogP contribution in [-0.2, 0) is 13.2 Å². The van der Waals surface area contributed by atoms with Gasteiger partial charge in [-0.2, -0.15) is 0 Å². The van der Waals surface area contributed by atoms with Crippen molar-refractivity contribution >= 4 is 11.0 Å². The summed E-state index contributed by atoms with van der Waals surface area (Å²) < 4.78 is 13.4. The highest BCUT2D eigenvalue weighted by molar-refractivity contribution is 5.75. The van der Waals surface area contributed by atoms with E-state index in [-0.39, 0.29) is 0 Å². The zero-order valence-corrected chi connectivity index (χ0v) is 13.2. The summed E-state index contributed by atoms with van der Waals surface area (Å²) in [6.07, 6.45) is 0. The standard InChI is InChI=1S/C18H21N3O2/c1-2-22-14-7-9-15(10-8-14)23-13-18-20-16-5-3-4-6-17(16)21(18)12-11-19/h3-10H,2,11-13,19H2,1H3. The SMILES string of the molecule is CCOc1ccc(OCc2nc3ccccc3n2CCN)cc1. The Morgan fingerprint density at radius 3 is 2.39 bits per heavy atom. The molecule has 1 heterocycles. The fourth-order valence-electron chi connectivity index (χ4n) is 2.56. The minimum atomic E-state index is 0.405. The number of ether oxygens (including phenoxy) is 2. The number of fused-ring (bicyclic) bond motifs is 1. The number of hydrogen-bond acceptors (Lipinski definition) is 4. The summed E-state index contributed by atoms with van der Waals surface area (Å²) in [5, 5.41) is 0. The highest BCUT2D eigenvalue weighted by Gasteiger charge is 2.10. The van der Waals surface area contributed by atoms with E-state index in [0.717, 1.165) is 34.9 Å². The summed E-state index contributed by atoms with van der Waals surface area (Å²) in [7, 11) is 0. The average Bonchev–Trinajstić information content (AvgIpc) is 2.93. The van der Waals surface area contributed by atoms with Gasteiger partial charge in [-0.25, -0.2) is 4.98 Å². The van der Waals surface area contributed by atoms with Crippen LogP contribution in [0.5, 0.6) is 11.5 Å². The molecule has 2 aromatic carbocycles. The van der Waals surface area contributed by atoms with Crippen LogP contribution in [0.25, 0.3) is 11.0 Å². The van der Waals surface area contributed by atoms with Gasteiger partial charge in [0.15, 0.2) is 0 Å². The molecule has 0 bridgehead atoms. The molecule has 3 rings (SSSR count). The van der Waals surface area contributed by atoms with E-state index in [9.17, 15) is 0 Å². The Hall–Kier alpha value is -2.53. The molecule has 0 fully saturated rings. The fourth-order valence-corrected chi connectivity index (χ4v) is 2.56. The normalized spacial score (nSPS) is 10.9. The van der Waals surface area contributed by atoms with Gasteiger partial charge in [-0.1, -0.05) is 12.1 Å². The number of imidazole rings is 1. The second-order valence-corrected chi connectivity index (χ2v) is 5.15. The third-order valence-corrected chi connectivity index (χ3v) is 3.59. The Bertz CT molecular complexity index is 766. The molecule has 5 heteroatoms. The Labute approximate surface area is 135 Å². The van der Waals surface area contributed by atoms with Crippen molar-refractivity contribution in [2.24, 2.45) is 5.73 Å². The molecule has 0 unspecified atom stereocenters. The number of nitrogens with two attached hydrogens (primary N) is 1. The number of aromatic nitrogens is 2. The molecule has 120 valence electrons. The number of hydrogen-bond donors (Lipinski definition) is 1. The predicted octanol–water partition coefficient (Wildman–Crippen LogP) is 2.97. The van der Waals surface area contributed by atoms with Crippen molar-refractivity contribution in [2.45, 2.75) is 20.1 Å². The molecule has 2 N–H and O–H groups in total. The van der Waals surface area contributed by atoms with Crippen LogP contribution < -0.4 is 15.2 Å². The summed E-state index contributed by atoms with van der Waals surface area (Å²) in [5.41, 5.74) is 7.78. The molecule has 0 saturated heterocycles. The van der Waals surface area contributed by atoms with Gasteiger partial charge in [0, 0.05) is 13.1 Å². The molecule has 0 amide bonds. The molecule has 3 aromatic rings. The largest absolute Gasteiger partial charge is 0.494 e. The van der Waals surface area contributed by atoms with Crippen molar-refractivity contribution in [1.29, 1.82) is 0 Å². The molecule has 0 aliphatic rings. The first-order chi connectivity index (χ1) is 11.3. The second kappa shape index (κ2) is 7.15. The highest BCUT2D eigenvalue weighted by atomic mass is 16.5. The molecular weight excluding hydrogens is 290 g/mol. The first kappa shape index (κ1) is 15.4. The Balaban J connectivity index is 1.77. The van der Waals surface area contributed by atoms with Gasteiger partial charge in [-0.15, -0.1) is 0 Å². The second-order valence-electron chi connectivity index (χ2n) is 5.15. The maximum absolute atomic E-state index is 5.86. The van der Waals surface area contributed by atoms with Gasteiger partial charge < -0.3 is 19.8 Å². The van der Waals surface area contributed by atoms with Crippen molar-refractivity contribution in [3.63, 3.8) is 0 Å². The Kier molecular flexibility index (Phi) is 4.78. The topological polar surface area (TPSA) is 62.3 Å². The first-order valence-corrected chi connectivity index (χ1v) is 7.81. The van der Waals surface area contributed by atoms with E-state index in [2.05, 4.69) is 15.6 Å². The van der Waals surface area contributed by atoms with Gasteiger partial charge in [0.25, 0.3) is 0 Å². The fraction of sp³-hybridized carbons (Fsp3) is 0.278. The summed E-state index contributed by atoms with van der Waals surface area (Å²) in [6.45, 7) is 4.32. The van der Waals surface area contributed by atoms with E-state index in [0.29, 0.717) is 19.8 Å². The van der Waals surface area contributed by atoms with Crippen LogP contribution in [0.2, 0.25) is 0 Å². The van der Waals surface area contributed by atoms with E-state index in [1.54, 1.807) is 0 Å². The van der Waals surface area contributed by atoms with Gasteiger partial charge >= 0.3 is 0 Å². The van der Waals surface area contributed by atoms with Crippen LogP contribution in [0.1, 0.15) is 12.7 Å². The van der Waals surface area contributed by atoms with Crippen molar-refractivity contribution in [3.8, 4) is 11.5 Å². The zero-order valence-electron chi connectivity index (χ0n) is 13.2. The van der Waals surface area contributed by atoms with Gasteiger partial charge in [0.2, 0.25) is 0 Å². The zero-order chi connectivity index (χ0) is 16.1. The van der Waals surface area contributed by atoms with E-state index in [1.807, 2.05) is 49.4 Å². The number of nitrogens with zero attached hydrogens (tertiary/aromatic N) is 2. The molecule has 0 aliphatic heterocycles. The number of rotatable bonds is 7. The molecular formula is C18H21N3O2. The Morgan fingerprint density at radius 2 is 1.70 bits per heavy atom. The average molecular weight is 311 g/mol. The summed E-state index contributed by atoms with van der Waals surface area (Å²) in [6, 6.07) is 15.7. The minimum absolute atomic E-state index is 0.405. The molecule has 1 aromatic heterocycles. The smallest absolute Gasteiger partial charge is 0.148 e. The van der Waals surface area contributed by atoms with E-state index in [4.69, 9.17) is 15.2 Å². The highest BCUT2D eigenvalue weighted by Crippen LogP contribution is 2.20. The monoisotopic (exact) mass is 311 g/mol.